The van der Waals surface area contributed by atoms with Gasteiger partial charge in [0.15, 0.2) is 0 Å². The minimum atomic E-state index is -0.243. The van der Waals surface area contributed by atoms with Gasteiger partial charge in [-0.3, -0.25) is 72.4 Å². The number of benzene rings is 1. The van der Waals surface area contributed by atoms with Crippen molar-refractivity contribution < 1.29 is 52.7 Å². The van der Waals surface area contributed by atoms with Crippen molar-refractivity contribution in [3.63, 3.8) is 0 Å². The number of ether oxygens (including phenoxy) is 1. The number of hydrogen-bond acceptors (Lipinski definition) is 11. The zero-order valence-electron chi connectivity index (χ0n) is 30.2. The lowest BCUT2D eigenvalue weighted by Crippen LogP contribution is -2.30. The lowest BCUT2D eigenvalue weighted by atomic mass is 9.85. The number of amides is 10. The highest BCUT2D eigenvalue weighted by atomic mass is 16.5. The molecule has 5 fully saturated rings. The fourth-order valence-corrected chi connectivity index (χ4v) is 7.98. The van der Waals surface area contributed by atoms with E-state index in [-0.39, 0.29) is 95.0 Å². The van der Waals surface area contributed by atoms with E-state index in [1.54, 1.807) is 38.4 Å². The molecule has 1 aromatic rings. The molecule has 282 valence electrons. The summed E-state index contributed by atoms with van der Waals surface area (Å²) in [6.07, 6.45) is 12.0. The van der Waals surface area contributed by atoms with Crippen molar-refractivity contribution in [2.45, 2.75) is 31.5 Å². The Morgan fingerprint density at radius 2 is 0.870 bits per heavy atom. The van der Waals surface area contributed by atoms with E-state index in [2.05, 4.69) is 12.2 Å². The average Bonchev–Trinajstić information content (AvgIpc) is 4.09. The highest BCUT2D eigenvalue weighted by molar-refractivity contribution is 6.21. The van der Waals surface area contributed by atoms with Gasteiger partial charge in [0.25, 0.3) is 23.6 Å². The highest BCUT2D eigenvalue weighted by Gasteiger charge is 2.60. The number of imide groups is 5. The summed E-state index contributed by atoms with van der Waals surface area (Å²) in [7, 11) is 7.60. The zero-order valence-corrected chi connectivity index (χ0v) is 30.2. The molecule has 10 amide bonds. The van der Waals surface area contributed by atoms with Gasteiger partial charge in [-0.05, 0) is 30.4 Å². The van der Waals surface area contributed by atoms with E-state index in [0.717, 1.165) is 16.2 Å². The van der Waals surface area contributed by atoms with E-state index in [0.29, 0.717) is 35.8 Å². The molecule has 0 aromatic heterocycles. The Hall–Kier alpha value is -5.90. The summed E-state index contributed by atoms with van der Waals surface area (Å²) in [5.74, 6) is -0.980. The van der Waals surface area contributed by atoms with Gasteiger partial charge in [-0.2, -0.15) is 0 Å². The van der Waals surface area contributed by atoms with Crippen molar-refractivity contribution in [1.82, 2.24) is 24.5 Å². The van der Waals surface area contributed by atoms with Crippen LogP contribution in [0, 0.1) is 35.5 Å². The van der Waals surface area contributed by atoms with Crippen molar-refractivity contribution in [3.05, 3.63) is 71.8 Å². The predicted molar refractivity (Wildman–Crippen MR) is 185 cm³/mol. The first-order chi connectivity index (χ1) is 25.5. The van der Waals surface area contributed by atoms with E-state index in [4.69, 9.17) is 4.74 Å². The van der Waals surface area contributed by atoms with Crippen LogP contribution in [-0.4, -0.2) is 131 Å². The van der Waals surface area contributed by atoms with Gasteiger partial charge >= 0.3 is 0 Å². The Balaban J connectivity index is 0.000000117. The standard InChI is InChI=1S/C10H11NO2.C9H9NO3.C9H7NO2.C5H7NO2.C5H5NO2/c1-11-9(12)7-5-2-3-6(4-5)8(7)10(11)13;1-10-8(11)6-4-2-3-5(13-4)7(6)9(10)12;1-10-8(11)6-4-2-3-5-7(6)9(10)12;2*1-6-4(7)2-3-5(6)8/h2-3,5-8H,4H2,1H3;2-7H,1H3;2-5H,1H3;2-3H2,1H3;2-3H,1H3. The van der Waals surface area contributed by atoms with Gasteiger partial charge in [0, 0.05) is 60.2 Å². The second-order valence-corrected chi connectivity index (χ2v) is 14.1. The summed E-state index contributed by atoms with van der Waals surface area (Å²) in [6.45, 7) is 0. The molecule has 0 radical (unpaired) electrons. The molecule has 4 bridgehead atoms. The van der Waals surface area contributed by atoms with Gasteiger partial charge in [0.1, 0.15) is 0 Å². The lowest BCUT2D eigenvalue weighted by Gasteiger charge is -2.14. The van der Waals surface area contributed by atoms with E-state index in [1.807, 2.05) is 12.2 Å². The zero-order chi connectivity index (χ0) is 39.3. The third-order valence-electron chi connectivity index (χ3n) is 11.1. The quantitative estimate of drug-likeness (QED) is 0.260. The maximum atomic E-state index is 11.7. The molecule has 1 aromatic carbocycles. The van der Waals surface area contributed by atoms with Gasteiger partial charge < -0.3 is 4.74 Å². The van der Waals surface area contributed by atoms with Crippen LogP contribution >= 0.6 is 0 Å². The van der Waals surface area contributed by atoms with Crippen LogP contribution < -0.4 is 0 Å². The summed E-state index contributed by atoms with van der Waals surface area (Å²) < 4.78 is 5.45. The van der Waals surface area contributed by atoms with Crippen LogP contribution in [-0.2, 0) is 43.1 Å². The van der Waals surface area contributed by atoms with Crippen molar-refractivity contribution in [2.24, 2.45) is 35.5 Å². The van der Waals surface area contributed by atoms with E-state index in [1.165, 1.54) is 48.0 Å². The number of allylic oxidation sites excluding steroid dienone is 2. The minimum absolute atomic E-state index is 0.0208. The molecule has 9 aliphatic rings. The monoisotopic (exact) mass is 741 g/mol. The van der Waals surface area contributed by atoms with Gasteiger partial charge in [-0.1, -0.05) is 36.4 Å². The van der Waals surface area contributed by atoms with Crippen molar-refractivity contribution in [1.29, 1.82) is 0 Å². The SMILES string of the molecule is CN1C(=O)C2C3C=CC(C3)C2C1=O.CN1C(=O)C2C3C=CC(O3)C2C1=O.CN1C(=O)C=CC1=O.CN1C(=O)CCC1=O.CN1C(=O)c2ccccc2C1=O. The fraction of sp³-hybridized carbons (Fsp3) is 0.421. The minimum Gasteiger partial charge on any atom is -0.365 e. The Bertz CT molecular complexity index is 1790. The molecule has 1 saturated carbocycles. The van der Waals surface area contributed by atoms with Crippen LogP contribution in [0.1, 0.15) is 40.0 Å². The predicted octanol–water partition coefficient (Wildman–Crippen LogP) is 0.197. The highest BCUT2D eigenvalue weighted by Crippen LogP contribution is 2.52. The lowest BCUT2D eigenvalue weighted by molar-refractivity contribution is -0.141. The van der Waals surface area contributed by atoms with E-state index < -0.39 is 0 Å². The maximum Gasteiger partial charge on any atom is 0.261 e. The van der Waals surface area contributed by atoms with E-state index >= 15 is 0 Å². The van der Waals surface area contributed by atoms with Crippen LogP contribution in [0.3, 0.4) is 0 Å². The first kappa shape index (κ1) is 37.8. The number of likely N-dealkylation sites (N-methyl/N-ethyl adjacent to an activating group) is 1. The molecule has 7 heterocycles. The number of likely N-dealkylation sites (tertiary alicyclic amines) is 3. The second kappa shape index (κ2) is 14.5. The number of carbonyl (C=O) groups excluding carboxylic acids is 10. The topological polar surface area (TPSA) is 196 Å². The number of rotatable bonds is 0. The van der Waals surface area contributed by atoms with Gasteiger partial charge in [0.05, 0.1) is 47.0 Å². The van der Waals surface area contributed by atoms with Gasteiger partial charge in [-0.25, -0.2) is 0 Å². The Morgan fingerprint density at radius 1 is 0.481 bits per heavy atom. The van der Waals surface area contributed by atoms with Crippen LogP contribution in [0.25, 0.3) is 0 Å². The van der Waals surface area contributed by atoms with Crippen LogP contribution in [0.15, 0.2) is 60.7 Å². The first-order valence-corrected chi connectivity index (χ1v) is 17.4. The molecule has 54 heavy (non-hydrogen) atoms. The smallest absolute Gasteiger partial charge is 0.261 e. The number of nitrogens with zero attached hydrogens (tertiary/aromatic N) is 5. The molecule has 2 aliphatic carbocycles. The van der Waals surface area contributed by atoms with Gasteiger partial charge in [-0.15, -0.1) is 0 Å². The normalized spacial score (nSPS) is 31.5. The van der Waals surface area contributed by atoms with Crippen LogP contribution in [0.4, 0.5) is 0 Å². The Kier molecular flexibility index (Phi) is 10.2. The molecule has 16 heteroatoms. The molecule has 8 atom stereocenters. The molecule has 8 unspecified atom stereocenters. The fourth-order valence-electron chi connectivity index (χ4n) is 7.98. The summed E-state index contributed by atoms with van der Waals surface area (Å²) >= 11 is 0. The molecular formula is C38H39N5O11. The molecule has 16 nitrogen and oxygen atoms in total. The van der Waals surface area contributed by atoms with Crippen molar-refractivity contribution >= 4 is 59.1 Å². The second-order valence-electron chi connectivity index (χ2n) is 14.1. The molecule has 10 rings (SSSR count). The number of hydrogen-bond donors (Lipinski definition) is 0. The molecule has 0 spiro atoms. The third kappa shape index (κ3) is 6.39. The summed E-state index contributed by atoms with van der Waals surface area (Å²) in [5, 5.41) is 0. The van der Waals surface area contributed by atoms with Gasteiger partial charge in [0.2, 0.25) is 35.4 Å². The van der Waals surface area contributed by atoms with E-state index in [9.17, 15) is 47.9 Å². The number of carbonyl (C=O) groups is 10. The number of fused-ring (bicyclic) bond motifs is 11. The van der Waals surface area contributed by atoms with Crippen molar-refractivity contribution in [3.8, 4) is 0 Å². The Morgan fingerprint density at radius 3 is 1.20 bits per heavy atom. The van der Waals surface area contributed by atoms with Crippen molar-refractivity contribution in [2.75, 3.05) is 35.2 Å². The molecule has 0 N–H and O–H groups in total. The maximum absolute atomic E-state index is 11.7. The Labute approximate surface area is 310 Å². The third-order valence-corrected chi connectivity index (χ3v) is 11.1. The van der Waals surface area contributed by atoms with Crippen LogP contribution in [0.2, 0.25) is 0 Å². The first-order valence-electron chi connectivity index (χ1n) is 17.4. The molecule has 7 aliphatic heterocycles. The largest absolute Gasteiger partial charge is 0.365 e. The summed E-state index contributed by atoms with van der Waals surface area (Å²) in [6, 6.07) is 6.84. The summed E-state index contributed by atoms with van der Waals surface area (Å²) in [4.78, 5) is 117. The molecular weight excluding hydrogens is 702 g/mol. The summed E-state index contributed by atoms with van der Waals surface area (Å²) in [5.41, 5.74) is 1.01. The van der Waals surface area contributed by atoms with Crippen LogP contribution in [0.5, 0.6) is 0 Å². The molecule has 4 saturated heterocycles. The average molecular weight is 742 g/mol.